The van der Waals surface area contributed by atoms with Gasteiger partial charge >= 0.3 is 0 Å². The van der Waals surface area contributed by atoms with E-state index in [1.54, 1.807) is 13.1 Å². The van der Waals surface area contributed by atoms with Crippen molar-refractivity contribution in [3.05, 3.63) is 52.8 Å². The first-order valence-electron chi connectivity index (χ1n) is 9.47. The Morgan fingerprint density at radius 1 is 1.24 bits per heavy atom. The number of nitrogens with one attached hydrogen (secondary N) is 1. The van der Waals surface area contributed by atoms with Crippen LogP contribution in [0.25, 0.3) is 11.3 Å². The Labute approximate surface area is 167 Å². The number of benzene rings is 1. The molecule has 0 aliphatic carbocycles. The molecule has 6 nitrogen and oxygen atoms in total. The van der Waals surface area contributed by atoms with Gasteiger partial charge < -0.3 is 9.84 Å². The summed E-state index contributed by atoms with van der Waals surface area (Å²) in [7, 11) is 1.63. The Morgan fingerprint density at radius 2 is 1.97 bits per heavy atom. The summed E-state index contributed by atoms with van der Waals surface area (Å²) < 4.78 is 35.6. The van der Waals surface area contributed by atoms with E-state index in [1.165, 1.54) is 36.7 Å². The Morgan fingerprint density at radius 3 is 2.52 bits per heavy atom. The Kier molecular flexibility index (Phi) is 5.55. The van der Waals surface area contributed by atoms with Crippen molar-refractivity contribution < 1.29 is 18.1 Å². The molecule has 3 aromatic rings. The molecule has 0 atom stereocenters. The lowest BCUT2D eigenvalue weighted by Crippen LogP contribution is -2.15. The molecule has 2 heterocycles. The molecule has 154 valence electrons. The van der Waals surface area contributed by atoms with Gasteiger partial charge in [-0.05, 0) is 44.5 Å². The minimum Gasteiger partial charge on any atom is -0.360 e. The standard InChI is InChI=1S/C21H24F2N4O2/c1-6-15-19(17(7-2)29-26-15)20(28)24-12-8-9-13(14(22)10-12)16-11-18(21(3,4)23)25-27(16)5/h8-11H,6-7H2,1-5H3,(H,24,28). The van der Waals surface area contributed by atoms with Gasteiger partial charge in [-0.2, -0.15) is 5.10 Å². The van der Waals surface area contributed by atoms with Gasteiger partial charge in [0.2, 0.25) is 0 Å². The van der Waals surface area contributed by atoms with Crippen LogP contribution in [0.5, 0.6) is 0 Å². The van der Waals surface area contributed by atoms with Crippen molar-refractivity contribution in [3.8, 4) is 11.3 Å². The molecule has 2 aromatic heterocycles. The third kappa shape index (κ3) is 4.06. The van der Waals surface area contributed by atoms with Gasteiger partial charge in [-0.3, -0.25) is 9.48 Å². The van der Waals surface area contributed by atoms with E-state index in [0.29, 0.717) is 41.2 Å². The SMILES string of the molecule is CCc1noc(CC)c1C(=O)Nc1ccc(-c2cc(C(C)(C)F)nn2C)c(F)c1. The molecule has 0 radical (unpaired) electrons. The zero-order valence-electron chi connectivity index (χ0n) is 17.1. The molecule has 29 heavy (non-hydrogen) atoms. The first kappa shape index (κ1) is 20.7. The molecule has 8 heteroatoms. The van der Waals surface area contributed by atoms with Crippen LogP contribution in [-0.2, 0) is 25.6 Å². The lowest BCUT2D eigenvalue weighted by atomic mass is 10.0. The van der Waals surface area contributed by atoms with Crippen LogP contribution in [0.15, 0.2) is 28.8 Å². The van der Waals surface area contributed by atoms with Crippen molar-refractivity contribution in [1.29, 1.82) is 0 Å². The zero-order chi connectivity index (χ0) is 21.3. The quantitative estimate of drug-likeness (QED) is 0.643. The summed E-state index contributed by atoms with van der Waals surface area (Å²) in [6.07, 6.45) is 1.07. The summed E-state index contributed by atoms with van der Waals surface area (Å²) in [5.41, 5.74) is 0.554. The topological polar surface area (TPSA) is 73.0 Å². The average Bonchev–Trinajstić information content (AvgIpc) is 3.25. The second-order valence-corrected chi connectivity index (χ2v) is 7.29. The molecule has 0 fully saturated rings. The number of anilines is 1. The summed E-state index contributed by atoms with van der Waals surface area (Å²) in [5.74, 6) is -0.451. The minimum atomic E-state index is -1.63. The number of alkyl halides is 1. The van der Waals surface area contributed by atoms with Crippen LogP contribution in [-0.4, -0.2) is 20.8 Å². The maximum absolute atomic E-state index is 14.8. The zero-order valence-corrected chi connectivity index (χ0v) is 17.1. The predicted octanol–water partition coefficient (Wildman–Crippen LogP) is 4.80. The van der Waals surface area contributed by atoms with E-state index < -0.39 is 17.4 Å². The summed E-state index contributed by atoms with van der Waals surface area (Å²) >= 11 is 0. The number of hydrogen-bond acceptors (Lipinski definition) is 4. The maximum Gasteiger partial charge on any atom is 0.261 e. The Hall–Kier alpha value is -3.03. The van der Waals surface area contributed by atoms with Crippen LogP contribution in [0, 0.1) is 5.82 Å². The third-order valence-electron chi connectivity index (χ3n) is 4.71. The van der Waals surface area contributed by atoms with E-state index >= 15 is 0 Å². The number of hydrogen-bond donors (Lipinski definition) is 1. The van der Waals surface area contributed by atoms with Gasteiger partial charge in [-0.1, -0.05) is 19.0 Å². The summed E-state index contributed by atoms with van der Waals surface area (Å²) in [6, 6.07) is 5.88. The summed E-state index contributed by atoms with van der Waals surface area (Å²) in [4.78, 5) is 12.7. The number of nitrogens with zero attached hydrogens (tertiary/aromatic N) is 3. The molecule has 0 spiro atoms. The number of aryl methyl sites for hydroxylation is 3. The molecular formula is C21H24F2N4O2. The van der Waals surface area contributed by atoms with Crippen molar-refractivity contribution >= 4 is 11.6 Å². The molecule has 0 unspecified atom stereocenters. The van der Waals surface area contributed by atoms with E-state index in [0.717, 1.165) is 0 Å². The second kappa shape index (κ2) is 7.77. The van der Waals surface area contributed by atoms with Crippen LogP contribution < -0.4 is 5.32 Å². The maximum atomic E-state index is 14.8. The number of carbonyl (C=O) groups excluding carboxylic acids is 1. The summed E-state index contributed by atoms with van der Waals surface area (Å²) in [6.45, 7) is 6.54. The normalized spacial score (nSPS) is 11.7. The van der Waals surface area contributed by atoms with Crippen LogP contribution in [0.3, 0.4) is 0 Å². The lowest BCUT2D eigenvalue weighted by molar-refractivity contribution is 0.102. The Bertz CT molecular complexity index is 1030. The minimum absolute atomic E-state index is 0.221. The van der Waals surface area contributed by atoms with Crippen molar-refractivity contribution in [3.63, 3.8) is 0 Å². The van der Waals surface area contributed by atoms with Gasteiger partial charge in [0.1, 0.15) is 22.8 Å². The van der Waals surface area contributed by atoms with Crippen LogP contribution in [0.1, 0.15) is 55.2 Å². The van der Waals surface area contributed by atoms with Crippen LogP contribution in [0.2, 0.25) is 0 Å². The first-order chi connectivity index (χ1) is 13.7. The molecule has 0 aliphatic heterocycles. The molecule has 0 aliphatic rings. The van der Waals surface area contributed by atoms with E-state index in [9.17, 15) is 13.6 Å². The number of rotatable bonds is 6. The monoisotopic (exact) mass is 402 g/mol. The molecule has 1 aromatic carbocycles. The van der Waals surface area contributed by atoms with E-state index in [4.69, 9.17) is 4.52 Å². The third-order valence-corrected chi connectivity index (χ3v) is 4.71. The molecular weight excluding hydrogens is 378 g/mol. The van der Waals surface area contributed by atoms with E-state index in [2.05, 4.69) is 15.6 Å². The molecule has 0 bridgehead atoms. The van der Waals surface area contributed by atoms with Crippen molar-refractivity contribution in [2.75, 3.05) is 5.32 Å². The van der Waals surface area contributed by atoms with Gasteiger partial charge in [0.15, 0.2) is 0 Å². The van der Waals surface area contributed by atoms with Gasteiger partial charge in [-0.25, -0.2) is 8.78 Å². The highest BCUT2D eigenvalue weighted by molar-refractivity contribution is 6.05. The molecule has 0 saturated carbocycles. The molecule has 0 saturated heterocycles. The highest BCUT2D eigenvalue weighted by Crippen LogP contribution is 2.30. The highest BCUT2D eigenvalue weighted by atomic mass is 19.1. The fraction of sp³-hybridized carbons (Fsp3) is 0.381. The summed E-state index contributed by atoms with van der Waals surface area (Å²) in [5, 5.41) is 10.7. The second-order valence-electron chi connectivity index (χ2n) is 7.29. The van der Waals surface area contributed by atoms with Crippen molar-refractivity contribution in [2.45, 2.75) is 46.2 Å². The van der Waals surface area contributed by atoms with Crippen molar-refractivity contribution in [1.82, 2.24) is 14.9 Å². The van der Waals surface area contributed by atoms with E-state index in [-0.39, 0.29) is 11.3 Å². The Balaban J connectivity index is 1.88. The van der Waals surface area contributed by atoms with Gasteiger partial charge in [0.05, 0.1) is 17.1 Å². The van der Waals surface area contributed by atoms with Gasteiger partial charge in [0.25, 0.3) is 5.91 Å². The fourth-order valence-electron chi connectivity index (χ4n) is 3.11. The highest BCUT2D eigenvalue weighted by Gasteiger charge is 2.25. The number of amides is 1. The largest absolute Gasteiger partial charge is 0.360 e. The average molecular weight is 402 g/mol. The smallest absolute Gasteiger partial charge is 0.261 e. The van der Waals surface area contributed by atoms with Crippen LogP contribution >= 0.6 is 0 Å². The van der Waals surface area contributed by atoms with Crippen LogP contribution in [0.4, 0.5) is 14.5 Å². The number of carbonyl (C=O) groups is 1. The number of aromatic nitrogens is 3. The first-order valence-corrected chi connectivity index (χ1v) is 9.47. The van der Waals surface area contributed by atoms with Gasteiger partial charge in [0, 0.05) is 24.7 Å². The fourth-order valence-corrected chi connectivity index (χ4v) is 3.11. The predicted molar refractivity (Wildman–Crippen MR) is 106 cm³/mol. The van der Waals surface area contributed by atoms with Gasteiger partial charge in [-0.15, -0.1) is 0 Å². The lowest BCUT2D eigenvalue weighted by Gasteiger charge is -2.09. The molecule has 1 amide bonds. The van der Waals surface area contributed by atoms with E-state index in [1.807, 2.05) is 13.8 Å². The molecule has 1 N–H and O–H groups in total. The number of halogens is 2. The molecule has 3 rings (SSSR count). The van der Waals surface area contributed by atoms with Crippen molar-refractivity contribution in [2.24, 2.45) is 7.05 Å².